The van der Waals surface area contributed by atoms with Crippen molar-refractivity contribution in [2.24, 2.45) is 0 Å². The minimum absolute atomic E-state index is 0.0213. The van der Waals surface area contributed by atoms with Gasteiger partial charge in [-0.2, -0.15) is 0 Å². The lowest BCUT2D eigenvalue weighted by Gasteiger charge is -2.22. The molecule has 1 aliphatic heterocycles. The number of nitrogens with zero attached hydrogens (tertiary/aromatic N) is 1. The van der Waals surface area contributed by atoms with Gasteiger partial charge < -0.3 is 14.1 Å². The topological polar surface area (TPSA) is 88.9 Å². The predicted molar refractivity (Wildman–Crippen MR) is 100 cm³/mol. The summed E-state index contributed by atoms with van der Waals surface area (Å²) in [7, 11) is -2.32. The third-order valence-corrected chi connectivity index (χ3v) is 6.02. The summed E-state index contributed by atoms with van der Waals surface area (Å²) in [6.45, 7) is 1.39. The molecule has 0 bridgehead atoms. The molecular formula is C19H24N2O5S. The summed E-state index contributed by atoms with van der Waals surface area (Å²) in [5.74, 6) is 0.680. The minimum atomic E-state index is -3.79. The van der Waals surface area contributed by atoms with Gasteiger partial charge in [0.15, 0.2) is 0 Å². The van der Waals surface area contributed by atoms with E-state index < -0.39 is 10.0 Å². The van der Waals surface area contributed by atoms with Gasteiger partial charge in [-0.05, 0) is 43.2 Å². The largest absolute Gasteiger partial charge is 0.496 e. The van der Waals surface area contributed by atoms with Gasteiger partial charge in [0.25, 0.3) is 5.91 Å². The van der Waals surface area contributed by atoms with Crippen LogP contribution in [0.5, 0.6) is 5.75 Å². The van der Waals surface area contributed by atoms with Crippen molar-refractivity contribution in [1.82, 2.24) is 9.62 Å². The molecule has 1 aromatic carbocycles. The molecule has 27 heavy (non-hydrogen) atoms. The summed E-state index contributed by atoms with van der Waals surface area (Å²) < 4.78 is 38.2. The number of amides is 1. The molecule has 2 aromatic rings. The molecule has 1 saturated heterocycles. The standard InChI is InChI=1S/C19H24N2O5S/c1-25-18-9-8-16(27(23,24)20-14-15-7-6-12-26-15)13-17(18)19(22)21-10-4-2-3-5-11-21/h6-9,12-13,20H,2-5,10-11,14H2,1H3. The lowest BCUT2D eigenvalue weighted by Crippen LogP contribution is -2.32. The predicted octanol–water partition coefficient (Wildman–Crippen LogP) is 2.78. The van der Waals surface area contributed by atoms with Crippen molar-refractivity contribution in [2.75, 3.05) is 20.2 Å². The molecular weight excluding hydrogens is 368 g/mol. The van der Waals surface area contributed by atoms with Crippen molar-refractivity contribution in [1.29, 1.82) is 0 Å². The quantitative estimate of drug-likeness (QED) is 0.817. The van der Waals surface area contributed by atoms with Gasteiger partial charge in [-0.25, -0.2) is 13.1 Å². The van der Waals surface area contributed by atoms with Crippen LogP contribution in [-0.4, -0.2) is 39.4 Å². The molecule has 1 fully saturated rings. The first-order valence-electron chi connectivity index (χ1n) is 9.00. The fourth-order valence-electron chi connectivity index (χ4n) is 3.13. The van der Waals surface area contributed by atoms with Crippen LogP contribution in [0.3, 0.4) is 0 Å². The number of rotatable bonds is 6. The molecule has 0 spiro atoms. The van der Waals surface area contributed by atoms with E-state index in [4.69, 9.17) is 9.15 Å². The molecule has 1 N–H and O–H groups in total. The van der Waals surface area contributed by atoms with Gasteiger partial charge in [0.05, 0.1) is 30.4 Å². The second-order valence-corrected chi connectivity index (χ2v) is 8.24. The maximum atomic E-state index is 13.0. The number of sulfonamides is 1. The molecule has 7 nitrogen and oxygen atoms in total. The highest BCUT2D eigenvalue weighted by molar-refractivity contribution is 7.89. The lowest BCUT2D eigenvalue weighted by atomic mass is 10.1. The second-order valence-electron chi connectivity index (χ2n) is 6.47. The Morgan fingerprint density at radius 2 is 1.93 bits per heavy atom. The summed E-state index contributed by atoms with van der Waals surface area (Å²) in [4.78, 5) is 14.8. The van der Waals surface area contributed by atoms with Crippen molar-refractivity contribution in [2.45, 2.75) is 37.1 Å². The van der Waals surface area contributed by atoms with Crippen molar-refractivity contribution >= 4 is 15.9 Å². The Morgan fingerprint density at radius 1 is 1.19 bits per heavy atom. The molecule has 146 valence electrons. The fourth-order valence-corrected chi connectivity index (χ4v) is 4.15. The number of hydrogen-bond donors (Lipinski definition) is 1. The average molecular weight is 392 g/mol. The molecule has 0 atom stereocenters. The van der Waals surface area contributed by atoms with Gasteiger partial charge in [0.1, 0.15) is 11.5 Å². The smallest absolute Gasteiger partial charge is 0.257 e. The summed E-state index contributed by atoms with van der Waals surface area (Å²) in [6.07, 6.45) is 5.60. The molecule has 1 aromatic heterocycles. The molecule has 1 aliphatic rings. The Balaban J connectivity index is 1.84. The van der Waals surface area contributed by atoms with Crippen molar-refractivity contribution in [3.63, 3.8) is 0 Å². The van der Waals surface area contributed by atoms with Gasteiger partial charge in [-0.15, -0.1) is 0 Å². The van der Waals surface area contributed by atoms with Gasteiger partial charge in [-0.3, -0.25) is 4.79 Å². The van der Waals surface area contributed by atoms with Crippen LogP contribution in [0.1, 0.15) is 41.8 Å². The summed E-state index contributed by atoms with van der Waals surface area (Å²) in [5, 5.41) is 0. The fraction of sp³-hybridized carbons (Fsp3) is 0.421. The van der Waals surface area contributed by atoms with Crippen LogP contribution < -0.4 is 9.46 Å². The van der Waals surface area contributed by atoms with Crippen LogP contribution in [0.4, 0.5) is 0 Å². The second kappa shape index (κ2) is 8.58. The molecule has 0 unspecified atom stereocenters. The molecule has 2 heterocycles. The number of benzene rings is 1. The van der Waals surface area contributed by atoms with E-state index in [9.17, 15) is 13.2 Å². The number of furan rings is 1. The summed E-state index contributed by atoms with van der Waals surface area (Å²) in [6, 6.07) is 7.71. The maximum Gasteiger partial charge on any atom is 0.257 e. The number of hydrogen-bond acceptors (Lipinski definition) is 5. The molecule has 8 heteroatoms. The minimum Gasteiger partial charge on any atom is -0.496 e. The molecule has 0 radical (unpaired) electrons. The SMILES string of the molecule is COc1ccc(S(=O)(=O)NCc2ccco2)cc1C(=O)N1CCCCCC1. The molecule has 1 amide bonds. The van der Waals surface area contributed by atoms with Crippen molar-refractivity contribution in [3.05, 3.63) is 47.9 Å². The lowest BCUT2D eigenvalue weighted by molar-refractivity contribution is 0.0758. The zero-order chi connectivity index (χ0) is 19.3. The van der Waals surface area contributed by atoms with E-state index >= 15 is 0 Å². The Hall–Kier alpha value is -2.32. The molecule has 0 aliphatic carbocycles. The van der Waals surface area contributed by atoms with Gasteiger partial charge >= 0.3 is 0 Å². The zero-order valence-corrected chi connectivity index (χ0v) is 16.1. The van der Waals surface area contributed by atoms with Crippen molar-refractivity contribution in [3.8, 4) is 5.75 Å². The van der Waals surface area contributed by atoms with E-state index in [2.05, 4.69) is 4.72 Å². The third-order valence-electron chi connectivity index (χ3n) is 4.62. The Kier molecular flexibility index (Phi) is 6.18. The highest BCUT2D eigenvalue weighted by Gasteiger charge is 2.24. The highest BCUT2D eigenvalue weighted by Crippen LogP contribution is 2.25. The average Bonchev–Trinajstić information content (AvgIpc) is 3.06. The van der Waals surface area contributed by atoms with Crippen molar-refractivity contribution < 1.29 is 22.4 Å². The number of likely N-dealkylation sites (tertiary alicyclic amines) is 1. The molecule has 0 saturated carbocycles. The van der Waals surface area contributed by atoms with Gasteiger partial charge in [0.2, 0.25) is 10.0 Å². The van der Waals surface area contributed by atoms with E-state index in [1.54, 1.807) is 17.0 Å². The monoisotopic (exact) mass is 392 g/mol. The highest BCUT2D eigenvalue weighted by atomic mass is 32.2. The third kappa shape index (κ3) is 4.70. The van der Waals surface area contributed by atoms with Crippen LogP contribution in [0.15, 0.2) is 45.9 Å². The van der Waals surface area contributed by atoms with Crippen LogP contribution >= 0.6 is 0 Å². The van der Waals surface area contributed by atoms with Crippen LogP contribution in [0.25, 0.3) is 0 Å². The zero-order valence-electron chi connectivity index (χ0n) is 15.3. The first-order valence-corrected chi connectivity index (χ1v) is 10.5. The van der Waals surface area contributed by atoms with E-state index in [1.165, 1.54) is 31.6 Å². The van der Waals surface area contributed by atoms with Gasteiger partial charge in [0, 0.05) is 13.1 Å². The van der Waals surface area contributed by atoms with E-state index in [-0.39, 0.29) is 22.9 Å². The molecule has 3 rings (SSSR count). The van der Waals surface area contributed by atoms with Gasteiger partial charge in [-0.1, -0.05) is 12.8 Å². The van der Waals surface area contributed by atoms with Crippen LogP contribution in [0, 0.1) is 0 Å². The van der Waals surface area contributed by atoms with E-state index in [1.807, 2.05) is 0 Å². The Morgan fingerprint density at radius 3 is 2.56 bits per heavy atom. The van der Waals surface area contributed by atoms with E-state index in [0.717, 1.165) is 25.7 Å². The number of nitrogens with one attached hydrogen (secondary N) is 1. The maximum absolute atomic E-state index is 13.0. The number of carbonyl (C=O) groups excluding carboxylic acids is 1. The normalized spacial score (nSPS) is 15.4. The van der Waals surface area contributed by atoms with Crippen LogP contribution in [-0.2, 0) is 16.6 Å². The van der Waals surface area contributed by atoms with E-state index in [0.29, 0.717) is 24.6 Å². The first-order chi connectivity index (χ1) is 13.0. The number of ether oxygens (including phenoxy) is 1. The number of carbonyl (C=O) groups is 1. The summed E-state index contributed by atoms with van der Waals surface area (Å²) >= 11 is 0. The number of methoxy groups -OCH3 is 1. The summed E-state index contributed by atoms with van der Waals surface area (Å²) in [5.41, 5.74) is 0.264. The Bertz CT molecular complexity index is 870. The first kappa shape index (κ1) is 19.4. The Labute approximate surface area is 159 Å². The van der Waals surface area contributed by atoms with Crippen LogP contribution in [0.2, 0.25) is 0 Å².